The maximum atomic E-state index is 13.1. The van der Waals surface area contributed by atoms with E-state index in [4.69, 9.17) is 11.6 Å². The molecule has 104 valence electrons. The molecule has 1 atom stereocenters. The van der Waals surface area contributed by atoms with Gasteiger partial charge in [-0.15, -0.1) is 0 Å². The van der Waals surface area contributed by atoms with Crippen LogP contribution in [0.1, 0.15) is 28.9 Å². The van der Waals surface area contributed by atoms with E-state index in [0.29, 0.717) is 11.1 Å². The highest BCUT2D eigenvalue weighted by Crippen LogP contribution is 2.22. The normalized spacial score (nSPS) is 12.0. The zero-order valence-corrected chi connectivity index (χ0v) is 11.4. The number of benzene rings is 2. The molecule has 0 heterocycles. The number of hydrogen-bond donors (Lipinski definition) is 1. The van der Waals surface area contributed by atoms with E-state index < -0.39 is 17.5 Å². The second kappa shape index (κ2) is 6.01. The number of carbonyl (C=O) groups is 1. The van der Waals surface area contributed by atoms with E-state index in [1.165, 1.54) is 0 Å². The highest BCUT2D eigenvalue weighted by atomic mass is 35.5. The van der Waals surface area contributed by atoms with Crippen molar-refractivity contribution in [2.24, 2.45) is 0 Å². The van der Waals surface area contributed by atoms with Gasteiger partial charge < -0.3 is 5.32 Å². The Kier molecular flexibility index (Phi) is 4.35. The van der Waals surface area contributed by atoms with Crippen molar-refractivity contribution in [1.82, 2.24) is 5.32 Å². The van der Waals surface area contributed by atoms with Crippen LogP contribution in [0.2, 0.25) is 5.02 Å². The molecule has 0 fully saturated rings. The van der Waals surface area contributed by atoms with E-state index in [-0.39, 0.29) is 11.6 Å². The number of nitrogens with one attached hydrogen (secondary N) is 1. The summed E-state index contributed by atoms with van der Waals surface area (Å²) < 4.78 is 26.1. The maximum Gasteiger partial charge on any atom is 0.251 e. The fourth-order valence-corrected chi connectivity index (χ4v) is 2.17. The fourth-order valence-electron chi connectivity index (χ4n) is 1.87. The molecule has 20 heavy (non-hydrogen) atoms. The number of rotatable bonds is 3. The third kappa shape index (κ3) is 3.33. The van der Waals surface area contributed by atoms with Gasteiger partial charge in [-0.25, -0.2) is 8.78 Å². The Bertz CT molecular complexity index is 625. The molecule has 0 aromatic heterocycles. The molecule has 0 saturated carbocycles. The summed E-state index contributed by atoms with van der Waals surface area (Å²) in [7, 11) is 0. The van der Waals surface area contributed by atoms with Crippen LogP contribution < -0.4 is 5.32 Å². The van der Waals surface area contributed by atoms with Crippen LogP contribution >= 0.6 is 11.6 Å². The summed E-state index contributed by atoms with van der Waals surface area (Å²) >= 11 is 6.03. The highest BCUT2D eigenvalue weighted by molar-refractivity contribution is 6.31. The zero-order chi connectivity index (χ0) is 14.7. The van der Waals surface area contributed by atoms with Crippen molar-refractivity contribution in [1.29, 1.82) is 0 Å². The van der Waals surface area contributed by atoms with Gasteiger partial charge in [0.1, 0.15) is 11.6 Å². The Hall–Kier alpha value is -1.94. The summed E-state index contributed by atoms with van der Waals surface area (Å²) in [5.74, 6) is -2.14. The summed E-state index contributed by atoms with van der Waals surface area (Å²) in [6.45, 7) is 1.74. The first-order valence-corrected chi connectivity index (χ1v) is 6.36. The van der Waals surface area contributed by atoms with Crippen LogP contribution in [-0.4, -0.2) is 5.91 Å². The quantitative estimate of drug-likeness (QED) is 0.907. The molecule has 5 heteroatoms. The molecule has 2 aromatic rings. The summed E-state index contributed by atoms with van der Waals surface area (Å²) in [4.78, 5) is 12.0. The molecule has 0 radical (unpaired) electrons. The first kappa shape index (κ1) is 14.5. The Morgan fingerprint density at radius 3 is 2.35 bits per heavy atom. The smallest absolute Gasteiger partial charge is 0.251 e. The van der Waals surface area contributed by atoms with Crippen LogP contribution in [-0.2, 0) is 0 Å². The molecule has 0 spiro atoms. The van der Waals surface area contributed by atoms with Gasteiger partial charge in [-0.1, -0.05) is 29.8 Å². The molecule has 0 aliphatic carbocycles. The van der Waals surface area contributed by atoms with Crippen molar-refractivity contribution in [3.05, 3.63) is 70.2 Å². The molecule has 0 saturated heterocycles. The predicted molar refractivity (Wildman–Crippen MR) is 73.7 cm³/mol. The Morgan fingerprint density at radius 1 is 1.15 bits per heavy atom. The molecular weight excluding hydrogens is 284 g/mol. The lowest BCUT2D eigenvalue weighted by Crippen LogP contribution is -2.27. The lowest BCUT2D eigenvalue weighted by atomic mass is 10.1. The predicted octanol–water partition coefficient (Wildman–Crippen LogP) is 4.11. The van der Waals surface area contributed by atoms with Gasteiger partial charge in [0.15, 0.2) is 0 Å². The molecule has 0 aliphatic rings. The summed E-state index contributed by atoms with van der Waals surface area (Å²) in [5.41, 5.74) is 0.667. The van der Waals surface area contributed by atoms with Crippen LogP contribution in [0, 0.1) is 11.6 Å². The zero-order valence-electron chi connectivity index (χ0n) is 10.7. The van der Waals surface area contributed by atoms with Crippen LogP contribution in [0.3, 0.4) is 0 Å². The van der Waals surface area contributed by atoms with Gasteiger partial charge in [-0.2, -0.15) is 0 Å². The maximum absolute atomic E-state index is 13.1. The monoisotopic (exact) mass is 295 g/mol. The van der Waals surface area contributed by atoms with E-state index >= 15 is 0 Å². The lowest BCUT2D eigenvalue weighted by Gasteiger charge is -2.15. The van der Waals surface area contributed by atoms with Gasteiger partial charge in [-0.3, -0.25) is 4.79 Å². The van der Waals surface area contributed by atoms with Crippen molar-refractivity contribution in [2.75, 3.05) is 0 Å². The van der Waals surface area contributed by atoms with Crippen LogP contribution in [0.5, 0.6) is 0 Å². The van der Waals surface area contributed by atoms with Crippen LogP contribution in [0.4, 0.5) is 8.78 Å². The number of carbonyl (C=O) groups excluding carboxylic acids is 1. The van der Waals surface area contributed by atoms with E-state index in [9.17, 15) is 13.6 Å². The minimum atomic E-state index is -0.791. The van der Waals surface area contributed by atoms with E-state index in [0.717, 1.165) is 17.7 Å². The largest absolute Gasteiger partial charge is 0.345 e. The minimum Gasteiger partial charge on any atom is -0.345 e. The number of halogens is 3. The first-order chi connectivity index (χ1) is 9.47. The Morgan fingerprint density at radius 2 is 1.75 bits per heavy atom. The van der Waals surface area contributed by atoms with Crippen LogP contribution in [0.25, 0.3) is 0 Å². The van der Waals surface area contributed by atoms with Gasteiger partial charge in [0, 0.05) is 16.7 Å². The second-order valence-corrected chi connectivity index (χ2v) is 4.78. The first-order valence-electron chi connectivity index (χ1n) is 5.99. The van der Waals surface area contributed by atoms with Gasteiger partial charge in [-0.05, 0) is 30.7 Å². The fraction of sp³-hybridized carbons (Fsp3) is 0.133. The Labute approximate surface area is 120 Å². The SMILES string of the molecule is CC(NC(=O)c1cc(F)cc(F)c1)c1ccccc1Cl. The Balaban J connectivity index is 2.17. The van der Waals surface area contributed by atoms with Gasteiger partial charge in [0.2, 0.25) is 0 Å². The summed E-state index contributed by atoms with van der Waals surface area (Å²) in [6.07, 6.45) is 0. The van der Waals surface area contributed by atoms with E-state index in [2.05, 4.69) is 5.32 Å². The topological polar surface area (TPSA) is 29.1 Å². The van der Waals surface area contributed by atoms with Gasteiger partial charge in [0.05, 0.1) is 6.04 Å². The van der Waals surface area contributed by atoms with Crippen molar-refractivity contribution >= 4 is 17.5 Å². The summed E-state index contributed by atoms with van der Waals surface area (Å²) in [6, 6.07) is 9.38. The van der Waals surface area contributed by atoms with Gasteiger partial charge >= 0.3 is 0 Å². The number of hydrogen-bond acceptors (Lipinski definition) is 1. The average molecular weight is 296 g/mol. The van der Waals surface area contributed by atoms with Crippen molar-refractivity contribution in [2.45, 2.75) is 13.0 Å². The van der Waals surface area contributed by atoms with Crippen molar-refractivity contribution in [3.63, 3.8) is 0 Å². The van der Waals surface area contributed by atoms with E-state index in [1.807, 2.05) is 0 Å². The molecule has 0 bridgehead atoms. The molecular formula is C15H12ClF2NO. The van der Waals surface area contributed by atoms with Crippen molar-refractivity contribution < 1.29 is 13.6 Å². The number of amides is 1. The molecule has 2 nitrogen and oxygen atoms in total. The molecule has 2 aromatic carbocycles. The molecule has 2 rings (SSSR count). The molecule has 0 aliphatic heterocycles. The lowest BCUT2D eigenvalue weighted by molar-refractivity contribution is 0.0939. The van der Waals surface area contributed by atoms with E-state index in [1.54, 1.807) is 31.2 Å². The molecule has 1 N–H and O–H groups in total. The van der Waals surface area contributed by atoms with Crippen molar-refractivity contribution in [3.8, 4) is 0 Å². The van der Waals surface area contributed by atoms with Gasteiger partial charge in [0.25, 0.3) is 5.91 Å². The molecule has 1 amide bonds. The van der Waals surface area contributed by atoms with Crippen LogP contribution in [0.15, 0.2) is 42.5 Å². The third-order valence-electron chi connectivity index (χ3n) is 2.84. The minimum absolute atomic E-state index is 0.0681. The average Bonchev–Trinajstić information content (AvgIpc) is 2.37. The summed E-state index contributed by atoms with van der Waals surface area (Å²) in [5, 5.41) is 3.17. The molecule has 1 unspecified atom stereocenters. The second-order valence-electron chi connectivity index (χ2n) is 4.37. The standard InChI is InChI=1S/C15H12ClF2NO/c1-9(13-4-2-3-5-14(13)16)19-15(20)10-6-11(17)8-12(18)7-10/h2-9H,1H3,(H,19,20). The third-order valence-corrected chi connectivity index (χ3v) is 3.19. The highest BCUT2D eigenvalue weighted by Gasteiger charge is 2.15.